The fourth-order valence-electron chi connectivity index (χ4n) is 2.19. The highest BCUT2D eigenvalue weighted by Crippen LogP contribution is 2.23. The average molecular weight is 291 g/mol. The van der Waals surface area contributed by atoms with Crippen LogP contribution in [0.2, 0.25) is 0 Å². The first kappa shape index (κ1) is 14.8. The topological polar surface area (TPSA) is 46.9 Å². The first-order valence-corrected chi connectivity index (χ1v) is 7.72. The van der Waals surface area contributed by atoms with Gasteiger partial charge in [0.15, 0.2) is 5.13 Å². The van der Waals surface area contributed by atoms with Crippen LogP contribution >= 0.6 is 11.3 Å². The Balaban J connectivity index is 2.46. The second-order valence-electron chi connectivity index (χ2n) is 5.49. The Bertz CT molecular complexity index is 655. The molecule has 0 unspecified atom stereocenters. The molecule has 0 saturated heterocycles. The summed E-state index contributed by atoms with van der Waals surface area (Å²) in [5.74, 6) is 0. The van der Waals surface area contributed by atoms with Crippen LogP contribution in [0.5, 0.6) is 0 Å². The van der Waals surface area contributed by atoms with E-state index in [-0.39, 0.29) is 11.6 Å². The summed E-state index contributed by atoms with van der Waals surface area (Å²) in [5.41, 5.74) is 2.42. The maximum atomic E-state index is 12.6. The van der Waals surface area contributed by atoms with Gasteiger partial charge in [-0.2, -0.15) is 0 Å². The molecule has 0 aliphatic heterocycles. The predicted molar refractivity (Wildman–Crippen MR) is 85.7 cm³/mol. The summed E-state index contributed by atoms with van der Waals surface area (Å²) in [6.07, 6.45) is 0. The van der Waals surface area contributed by atoms with E-state index in [0.29, 0.717) is 11.6 Å². The molecule has 2 aromatic heterocycles. The lowest BCUT2D eigenvalue weighted by atomic mass is 10.2. The Morgan fingerprint density at radius 3 is 2.55 bits per heavy atom. The SMILES string of the molecule is Cc1ccc(-c2csc(NC(C)C)n2)c(=O)n1C(C)C. The van der Waals surface area contributed by atoms with Crippen molar-refractivity contribution in [1.29, 1.82) is 0 Å². The first-order chi connectivity index (χ1) is 9.40. The number of nitrogens with zero attached hydrogens (tertiary/aromatic N) is 2. The van der Waals surface area contributed by atoms with Gasteiger partial charge in [0.05, 0.1) is 11.3 Å². The van der Waals surface area contributed by atoms with Crippen LogP contribution in [0.25, 0.3) is 11.3 Å². The Kier molecular flexibility index (Phi) is 4.28. The minimum Gasteiger partial charge on any atom is -0.359 e. The molecule has 0 atom stereocenters. The molecule has 0 bridgehead atoms. The number of aromatic nitrogens is 2. The third kappa shape index (κ3) is 2.93. The van der Waals surface area contributed by atoms with Crippen LogP contribution in [0.15, 0.2) is 22.3 Å². The van der Waals surface area contributed by atoms with Crippen LogP contribution in [0.4, 0.5) is 5.13 Å². The zero-order valence-electron chi connectivity index (χ0n) is 12.6. The van der Waals surface area contributed by atoms with Gasteiger partial charge in [0.25, 0.3) is 5.56 Å². The summed E-state index contributed by atoms with van der Waals surface area (Å²) >= 11 is 1.53. The van der Waals surface area contributed by atoms with Crippen molar-refractivity contribution in [1.82, 2.24) is 9.55 Å². The molecule has 1 N–H and O–H groups in total. The normalized spacial score (nSPS) is 11.3. The summed E-state index contributed by atoms with van der Waals surface area (Å²) in [7, 11) is 0. The van der Waals surface area contributed by atoms with Crippen molar-refractivity contribution >= 4 is 16.5 Å². The molecule has 0 radical (unpaired) electrons. The molecule has 2 aromatic rings. The van der Waals surface area contributed by atoms with Crippen molar-refractivity contribution < 1.29 is 0 Å². The molecule has 108 valence electrons. The van der Waals surface area contributed by atoms with Crippen molar-refractivity contribution in [2.24, 2.45) is 0 Å². The molecule has 0 amide bonds. The number of pyridine rings is 1. The van der Waals surface area contributed by atoms with Crippen molar-refractivity contribution in [2.75, 3.05) is 5.32 Å². The average Bonchev–Trinajstić information content (AvgIpc) is 2.76. The van der Waals surface area contributed by atoms with Crippen LogP contribution in [0.3, 0.4) is 0 Å². The highest BCUT2D eigenvalue weighted by atomic mass is 32.1. The zero-order valence-corrected chi connectivity index (χ0v) is 13.4. The molecule has 0 aliphatic carbocycles. The van der Waals surface area contributed by atoms with Crippen molar-refractivity contribution in [3.8, 4) is 11.3 Å². The van der Waals surface area contributed by atoms with Crippen LogP contribution < -0.4 is 10.9 Å². The molecule has 4 nitrogen and oxygen atoms in total. The number of anilines is 1. The zero-order chi connectivity index (χ0) is 14.9. The van der Waals surface area contributed by atoms with E-state index in [1.54, 1.807) is 0 Å². The molecule has 2 rings (SSSR count). The molecule has 20 heavy (non-hydrogen) atoms. The second-order valence-corrected chi connectivity index (χ2v) is 6.35. The Labute approximate surface area is 123 Å². The number of aryl methyl sites for hydroxylation is 1. The molecule has 0 fully saturated rings. The summed E-state index contributed by atoms with van der Waals surface area (Å²) in [6.45, 7) is 10.1. The van der Waals surface area contributed by atoms with Gasteiger partial charge in [-0.05, 0) is 46.8 Å². The molecule has 2 heterocycles. The van der Waals surface area contributed by atoms with Crippen LogP contribution in [-0.2, 0) is 0 Å². The van der Waals surface area contributed by atoms with E-state index in [0.717, 1.165) is 16.5 Å². The van der Waals surface area contributed by atoms with E-state index in [2.05, 4.69) is 24.1 Å². The third-order valence-electron chi connectivity index (χ3n) is 3.03. The van der Waals surface area contributed by atoms with Crippen molar-refractivity contribution in [3.05, 3.63) is 33.6 Å². The molecular weight excluding hydrogens is 270 g/mol. The minimum absolute atomic E-state index is 0.0291. The summed E-state index contributed by atoms with van der Waals surface area (Å²) < 4.78 is 1.81. The highest BCUT2D eigenvalue weighted by Gasteiger charge is 2.13. The lowest BCUT2D eigenvalue weighted by molar-refractivity contribution is 0.564. The van der Waals surface area contributed by atoms with E-state index >= 15 is 0 Å². The second kappa shape index (κ2) is 5.79. The maximum Gasteiger partial charge on any atom is 0.260 e. The van der Waals surface area contributed by atoms with Gasteiger partial charge < -0.3 is 9.88 Å². The third-order valence-corrected chi connectivity index (χ3v) is 3.80. The Hall–Kier alpha value is -1.62. The first-order valence-electron chi connectivity index (χ1n) is 6.84. The van der Waals surface area contributed by atoms with E-state index in [1.807, 2.05) is 42.9 Å². The lowest BCUT2D eigenvalue weighted by Gasteiger charge is -2.14. The number of hydrogen-bond acceptors (Lipinski definition) is 4. The van der Waals surface area contributed by atoms with Crippen molar-refractivity contribution in [3.63, 3.8) is 0 Å². The Morgan fingerprint density at radius 1 is 1.25 bits per heavy atom. The summed E-state index contributed by atoms with van der Waals surface area (Å²) in [6, 6.07) is 4.32. The van der Waals surface area contributed by atoms with Gasteiger partial charge in [-0.15, -0.1) is 11.3 Å². The monoisotopic (exact) mass is 291 g/mol. The van der Waals surface area contributed by atoms with Crippen LogP contribution in [-0.4, -0.2) is 15.6 Å². The fraction of sp³-hybridized carbons (Fsp3) is 0.467. The standard InChI is InChI=1S/C15H21N3OS/c1-9(2)16-15-17-13(8-20-15)12-7-6-11(5)18(10(3)4)14(12)19/h6-10H,1-5H3,(H,16,17). The molecule has 0 aromatic carbocycles. The van der Waals surface area contributed by atoms with Crippen molar-refractivity contribution in [2.45, 2.75) is 46.7 Å². The minimum atomic E-state index is 0.0291. The van der Waals surface area contributed by atoms with Crippen LogP contribution in [0.1, 0.15) is 39.4 Å². The molecule has 0 aliphatic rings. The Morgan fingerprint density at radius 2 is 1.95 bits per heavy atom. The van der Waals surface area contributed by atoms with Crippen LogP contribution in [0, 0.1) is 6.92 Å². The van der Waals surface area contributed by atoms with E-state index in [1.165, 1.54) is 11.3 Å². The largest absolute Gasteiger partial charge is 0.359 e. The van der Waals surface area contributed by atoms with Gasteiger partial charge in [0.2, 0.25) is 0 Å². The number of rotatable bonds is 4. The summed E-state index contributed by atoms with van der Waals surface area (Å²) in [4.78, 5) is 17.1. The molecule has 0 saturated carbocycles. The number of thiazole rings is 1. The van der Waals surface area contributed by atoms with Gasteiger partial charge in [0.1, 0.15) is 0 Å². The van der Waals surface area contributed by atoms with Gasteiger partial charge >= 0.3 is 0 Å². The van der Waals surface area contributed by atoms with E-state index < -0.39 is 0 Å². The maximum absolute atomic E-state index is 12.6. The molecule has 5 heteroatoms. The smallest absolute Gasteiger partial charge is 0.260 e. The number of hydrogen-bond donors (Lipinski definition) is 1. The lowest BCUT2D eigenvalue weighted by Crippen LogP contribution is -2.25. The van der Waals surface area contributed by atoms with Gasteiger partial charge in [-0.3, -0.25) is 4.79 Å². The number of nitrogens with one attached hydrogen (secondary N) is 1. The quantitative estimate of drug-likeness (QED) is 0.934. The van der Waals surface area contributed by atoms with Gasteiger partial charge in [0, 0.05) is 23.2 Å². The van der Waals surface area contributed by atoms with Gasteiger partial charge in [-0.25, -0.2) is 4.98 Å². The molecule has 0 spiro atoms. The summed E-state index contributed by atoms with van der Waals surface area (Å²) in [5, 5.41) is 6.05. The fourth-order valence-corrected chi connectivity index (χ4v) is 3.05. The van der Waals surface area contributed by atoms with Gasteiger partial charge in [-0.1, -0.05) is 0 Å². The van der Waals surface area contributed by atoms with E-state index in [9.17, 15) is 4.79 Å². The van der Waals surface area contributed by atoms with E-state index in [4.69, 9.17) is 0 Å². The molecular formula is C15H21N3OS. The highest BCUT2D eigenvalue weighted by molar-refractivity contribution is 7.14. The predicted octanol–water partition coefficient (Wildman–Crippen LogP) is 3.68.